The van der Waals surface area contributed by atoms with Crippen LogP contribution < -0.4 is 4.31 Å². The Hall–Kier alpha value is -4.53. The molecule has 9 nitrogen and oxygen atoms in total. The molecule has 3 aromatic carbocycles. The number of fused-ring (bicyclic) bond motifs is 3. The van der Waals surface area contributed by atoms with Gasteiger partial charge in [-0.15, -0.1) is 0 Å². The standard InChI is InChI=1S/C34H32N4O5S2/c1-22-30-17-16-29-31(37(2)36-33(29)34(30,19-26(20-35)32(22)39)27-10-5-4-6-11-27)25-9-7-8-24(18-25)23-12-14-28(15-13-23)38(44(40)41)21-45(3,42)43/h4-15,18-19,22,30,44H,16-17,21H2,1-3H3/t22-,30-,34+/m0/s1. The Labute approximate surface area is 264 Å². The van der Waals surface area contributed by atoms with E-state index < -0.39 is 32.0 Å². The number of allylic oxidation sites excluding steroid dienone is 2. The van der Waals surface area contributed by atoms with E-state index in [9.17, 15) is 26.9 Å². The molecule has 0 saturated carbocycles. The lowest BCUT2D eigenvalue weighted by Gasteiger charge is -2.47. The van der Waals surface area contributed by atoms with Crippen LogP contribution in [0.4, 0.5) is 5.69 Å². The van der Waals surface area contributed by atoms with Crippen molar-refractivity contribution in [1.82, 2.24) is 9.78 Å². The van der Waals surface area contributed by atoms with E-state index in [1.807, 2.05) is 61.1 Å². The van der Waals surface area contributed by atoms with Crippen LogP contribution in [0.3, 0.4) is 0 Å². The fourth-order valence-electron chi connectivity index (χ4n) is 7.09. The largest absolute Gasteiger partial charge is 0.293 e. The molecule has 11 heteroatoms. The van der Waals surface area contributed by atoms with Crippen molar-refractivity contribution in [2.45, 2.75) is 25.2 Å². The Morgan fingerprint density at radius 3 is 2.36 bits per heavy atom. The van der Waals surface area contributed by atoms with Crippen LogP contribution in [0.1, 0.15) is 30.2 Å². The fourth-order valence-corrected chi connectivity index (χ4v) is 9.01. The zero-order chi connectivity index (χ0) is 32.1. The number of hydrogen-bond acceptors (Lipinski definition) is 7. The highest BCUT2D eigenvalue weighted by Crippen LogP contribution is 2.54. The third-order valence-electron chi connectivity index (χ3n) is 9.04. The number of aryl methyl sites for hydroxylation is 1. The second kappa shape index (κ2) is 11.4. The molecule has 0 bridgehead atoms. The van der Waals surface area contributed by atoms with E-state index in [1.54, 1.807) is 24.3 Å². The molecule has 3 atom stereocenters. The van der Waals surface area contributed by atoms with Crippen LogP contribution in [-0.2, 0) is 44.4 Å². The predicted molar refractivity (Wildman–Crippen MR) is 173 cm³/mol. The second-order valence-electron chi connectivity index (χ2n) is 11.8. The normalized spacial score (nSPS) is 21.0. The van der Waals surface area contributed by atoms with Gasteiger partial charge in [0.15, 0.2) is 15.6 Å². The molecule has 1 heterocycles. The van der Waals surface area contributed by atoms with Crippen molar-refractivity contribution in [1.29, 1.82) is 5.26 Å². The molecule has 0 N–H and O–H groups in total. The highest BCUT2D eigenvalue weighted by molar-refractivity contribution is 7.91. The first-order valence-corrected chi connectivity index (χ1v) is 17.7. The Morgan fingerprint density at radius 2 is 1.71 bits per heavy atom. The molecule has 6 rings (SSSR count). The molecule has 2 aliphatic rings. The number of anilines is 1. The quantitative estimate of drug-likeness (QED) is 0.292. The van der Waals surface area contributed by atoms with Gasteiger partial charge >= 0.3 is 0 Å². The monoisotopic (exact) mass is 640 g/mol. The van der Waals surface area contributed by atoms with Gasteiger partial charge < -0.3 is 0 Å². The summed E-state index contributed by atoms with van der Waals surface area (Å²) >= 11 is 0. The average molecular weight is 641 g/mol. The minimum absolute atomic E-state index is 0.0453. The minimum atomic E-state index is -3.56. The molecule has 0 unspecified atom stereocenters. The maximum Gasteiger partial charge on any atom is 0.225 e. The van der Waals surface area contributed by atoms with E-state index in [4.69, 9.17) is 5.10 Å². The Kier molecular flexibility index (Phi) is 7.75. The molecule has 0 spiro atoms. The predicted octanol–water partition coefficient (Wildman–Crippen LogP) is 4.61. The lowest BCUT2D eigenvalue weighted by Crippen LogP contribution is -2.48. The molecule has 1 aromatic heterocycles. The van der Waals surface area contributed by atoms with Crippen molar-refractivity contribution in [3.8, 4) is 28.5 Å². The molecule has 0 amide bonds. The van der Waals surface area contributed by atoms with Crippen molar-refractivity contribution < 1.29 is 21.6 Å². The molecule has 0 saturated heterocycles. The zero-order valence-corrected chi connectivity index (χ0v) is 26.8. The van der Waals surface area contributed by atoms with Crippen LogP contribution >= 0.6 is 0 Å². The zero-order valence-electron chi connectivity index (χ0n) is 25.0. The number of benzene rings is 3. The summed E-state index contributed by atoms with van der Waals surface area (Å²) in [4.78, 5) is 13.1. The van der Waals surface area contributed by atoms with E-state index >= 15 is 0 Å². The SMILES string of the molecule is C[C@@H]1C(=O)C(C#N)=C[C@]2(c3ccccc3)c3nn(C)c(-c4cccc(-c5ccc(N(CS(C)(=O)=O)[SH](=O)=O)cc5)c4)c3CC[C@@H]12. The van der Waals surface area contributed by atoms with E-state index in [2.05, 4.69) is 24.3 Å². The highest BCUT2D eigenvalue weighted by Gasteiger charge is 2.54. The van der Waals surface area contributed by atoms with Crippen LogP contribution in [0.25, 0.3) is 22.4 Å². The van der Waals surface area contributed by atoms with Gasteiger partial charge in [0.2, 0.25) is 10.9 Å². The number of sulfone groups is 1. The molecule has 230 valence electrons. The Bertz CT molecular complexity index is 2070. The smallest absolute Gasteiger partial charge is 0.225 e. The maximum atomic E-state index is 13.1. The second-order valence-corrected chi connectivity index (χ2v) is 14.9. The van der Waals surface area contributed by atoms with Crippen molar-refractivity contribution in [2.75, 3.05) is 16.4 Å². The van der Waals surface area contributed by atoms with Gasteiger partial charge in [-0.05, 0) is 59.7 Å². The van der Waals surface area contributed by atoms with Gasteiger partial charge in [0.1, 0.15) is 11.9 Å². The van der Waals surface area contributed by atoms with Gasteiger partial charge in [-0.3, -0.25) is 13.8 Å². The summed E-state index contributed by atoms with van der Waals surface area (Å²) in [5.74, 6) is -1.12. The van der Waals surface area contributed by atoms with Gasteiger partial charge in [0, 0.05) is 30.3 Å². The topological polar surface area (TPSA) is 130 Å². The number of rotatable bonds is 7. The molecule has 0 fully saturated rings. The summed E-state index contributed by atoms with van der Waals surface area (Å²) in [5, 5.41) is 15.1. The lowest BCUT2D eigenvalue weighted by molar-refractivity contribution is -0.121. The van der Waals surface area contributed by atoms with Crippen LogP contribution in [-0.4, -0.2) is 44.5 Å². The summed E-state index contributed by atoms with van der Waals surface area (Å²) in [5.41, 5.74) is 6.29. The van der Waals surface area contributed by atoms with E-state index in [-0.39, 0.29) is 28.9 Å². The third-order valence-corrected chi connectivity index (χ3v) is 10.7. The van der Waals surface area contributed by atoms with Gasteiger partial charge in [-0.25, -0.2) is 16.8 Å². The molecular weight excluding hydrogens is 609 g/mol. The van der Waals surface area contributed by atoms with Gasteiger partial charge in [-0.2, -0.15) is 10.4 Å². The molecule has 45 heavy (non-hydrogen) atoms. The van der Waals surface area contributed by atoms with Crippen LogP contribution in [0.15, 0.2) is 90.5 Å². The fraction of sp³-hybridized carbons (Fsp3) is 0.265. The van der Waals surface area contributed by atoms with Gasteiger partial charge in [0.05, 0.1) is 28.1 Å². The first-order valence-electron chi connectivity index (χ1n) is 14.5. The third kappa shape index (κ3) is 5.28. The highest BCUT2D eigenvalue weighted by atomic mass is 32.2. The first-order chi connectivity index (χ1) is 21.4. The number of nitrogens with zero attached hydrogens (tertiary/aromatic N) is 4. The summed E-state index contributed by atoms with van der Waals surface area (Å²) in [6, 6.07) is 26.9. The number of thiol groups is 1. The van der Waals surface area contributed by atoms with Crippen LogP contribution in [0.2, 0.25) is 0 Å². The van der Waals surface area contributed by atoms with Gasteiger partial charge in [0.25, 0.3) is 0 Å². The number of carbonyl (C=O) groups excluding carboxylic acids is 1. The molecule has 4 aromatic rings. The summed E-state index contributed by atoms with van der Waals surface area (Å²) < 4.78 is 49.8. The summed E-state index contributed by atoms with van der Waals surface area (Å²) in [6.07, 6.45) is 4.33. The van der Waals surface area contributed by atoms with E-state index in [0.29, 0.717) is 0 Å². The Morgan fingerprint density at radius 1 is 1.02 bits per heavy atom. The number of aromatic nitrogens is 2. The van der Waals surface area contributed by atoms with Crippen molar-refractivity contribution in [2.24, 2.45) is 18.9 Å². The summed E-state index contributed by atoms with van der Waals surface area (Å²) in [6.45, 7) is 1.92. The van der Waals surface area contributed by atoms with Crippen LogP contribution in [0.5, 0.6) is 0 Å². The first kappa shape index (κ1) is 30.5. The van der Waals surface area contributed by atoms with Crippen LogP contribution in [0, 0.1) is 23.2 Å². The van der Waals surface area contributed by atoms with Gasteiger partial charge in [-0.1, -0.05) is 67.6 Å². The van der Waals surface area contributed by atoms with Crippen molar-refractivity contribution >= 4 is 32.2 Å². The van der Waals surface area contributed by atoms with E-state index in [1.165, 1.54) is 0 Å². The Balaban J connectivity index is 1.45. The average Bonchev–Trinajstić information content (AvgIpc) is 3.38. The molecule has 0 aliphatic heterocycles. The molecule has 0 radical (unpaired) electrons. The number of carbonyl (C=O) groups is 1. The van der Waals surface area contributed by atoms with Crippen molar-refractivity contribution in [3.63, 3.8) is 0 Å². The maximum absolute atomic E-state index is 13.1. The van der Waals surface area contributed by atoms with E-state index in [0.717, 1.165) is 62.6 Å². The molecule has 2 aliphatic carbocycles. The summed E-state index contributed by atoms with van der Waals surface area (Å²) in [7, 11) is -4.79. The van der Waals surface area contributed by atoms with Crippen molar-refractivity contribution in [3.05, 3.63) is 107 Å². The lowest BCUT2D eigenvalue weighted by atomic mass is 9.54. The number of Topliss-reactive ketones (excluding diaryl/α,β-unsaturated/α-hetero) is 1. The number of ketones is 1. The number of hydrogen-bond donors (Lipinski definition) is 1. The number of nitriles is 1. The minimum Gasteiger partial charge on any atom is -0.293 e. The molecular formula is C34H32N4O5S2.